The molecule has 1 aromatic heterocycles. The minimum Gasteiger partial charge on any atom is -0.348 e. The molecule has 6 heteroatoms. The van der Waals surface area contributed by atoms with Crippen LogP contribution in [0.25, 0.3) is 10.9 Å². The molecule has 1 unspecified atom stereocenters. The Bertz CT molecular complexity index is 926. The van der Waals surface area contributed by atoms with Crippen LogP contribution in [0.4, 0.5) is 4.39 Å². The van der Waals surface area contributed by atoms with Crippen molar-refractivity contribution < 1.29 is 13.4 Å². The molecule has 0 aliphatic carbocycles. The standard InChI is InChI=1S/C18H15FN2O2S/c1-24(23)15-6-4-12(5-7-15)11-21-18(22)16-10-14(19)9-13-3-2-8-20-17(13)16/h2-10H,11H2,1H3,(H,21,22). The van der Waals surface area contributed by atoms with Gasteiger partial charge < -0.3 is 5.32 Å². The van der Waals surface area contributed by atoms with Gasteiger partial charge in [0.1, 0.15) is 5.82 Å². The van der Waals surface area contributed by atoms with Crippen LogP contribution in [0.1, 0.15) is 15.9 Å². The van der Waals surface area contributed by atoms with Crippen LogP contribution in [0.5, 0.6) is 0 Å². The van der Waals surface area contributed by atoms with E-state index < -0.39 is 16.6 Å². The minimum atomic E-state index is -1.04. The van der Waals surface area contributed by atoms with Crippen molar-refractivity contribution in [1.29, 1.82) is 0 Å². The summed E-state index contributed by atoms with van der Waals surface area (Å²) >= 11 is 0. The van der Waals surface area contributed by atoms with Gasteiger partial charge in [-0.2, -0.15) is 0 Å². The lowest BCUT2D eigenvalue weighted by molar-refractivity contribution is 0.0952. The molecule has 1 amide bonds. The van der Waals surface area contributed by atoms with Gasteiger partial charge in [-0.15, -0.1) is 0 Å². The van der Waals surface area contributed by atoms with E-state index in [9.17, 15) is 13.4 Å². The fraction of sp³-hybridized carbons (Fsp3) is 0.111. The highest BCUT2D eigenvalue weighted by atomic mass is 32.2. The molecule has 3 rings (SSSR count). The molecule has 1 N–H and O–H groups in total. The van der Waals surface area contributed by atoms with Gasteiger partial charge in [0.25, 0.3) is 5.91 Å². The van der Waals surface area contributed by atoms with Gasteiger partial charge in [-0.25, -0.2) is 4.39 Å². The summed E-state index contributed by atoms with van der Waals surface area (Å²) < 4.78 is 25.1. The van der Waals surface area contributed by atoms with Gasteiger partial charge in [-0.1, -0.05) is 18.2 Å². The summed E-state index contributed by atoms with van der Waals surface area (Å²) in [6.07, 6.45) is 3.18. The molecule has 4 nitrogen and oxygen atoms in total. The van der Waals surface area contributed by atoms with Gasteiger partial charge in [0, 0.05) is 40.1 Å². The van der Waals surface area contributed by atoms with Crippen LogP contribution >= 0.6 is 0 Å². The topological polar surface area (TPSA) is 59.1 Å². The van der Waals surface area contributed by atoms with Crippen LogP contribution in [0.15, 0.2) is 59.6 Å². The van der Waals surface area contributed by atoms with E-state index in [1.807, 2.05) is 0 Å². The lowest BCUT2D eigenvalue weighted by Crippen LogP contribution is -2.23. The molecule has 0 aliphatic rings. The first-order valence-electron chi connectivity index (χ1n) is 7.29. The van der Waals surface area contributed by atoms with Crippen molar-refractivity contribution in [2.24, 2.45) is 0 Å². The number of benzene rings is 2. The predicted molar refractivity (Wildman–Crippen MR) is 91.6 cm³/mol. The van der Waals surface area contributed by atoms with Gasteiger partial charge in [0.05, 0.1) is 11.1 Å². The van der Waals surface area contributed by atoms with Crippen LogP contribution < -0.4 is 5.32 Å². The van der Waals surface area contributed by atoms with Crippen LogP contribution in [-0.4, -0.2) is 21.4 Å². The van der Waals surface area contributed by atoms with Crippen molar-refractivity contribution >= 4 is 27.6 Å². The van der Waals surface area contributed by atoms with Gasteiger partial charge in [0.15, 0.2) is 0 Å². The maximum absolute atomic E-state index is 13.7. The number of hydrogen-bond acceptors (Lipinski definition) is 3. The highest BCUT2D eigenvalue weighted by Crippen LogP contribution is 2.18. The van der Waals surface area contributed by atoms with Crippen molar-refractivity contribution in [3.63, 3.8) is 0 Å². The summed E-state index contributed by atoms with van der Waals surface area (Å²) in [5.74, 6) is -0.864. The van der Waals surface area contributed by atoms with Crippen LogP contribution in [-0.2, 0) is 17.3 Å². The molecule has 1 atom stereocenters. The van der Waals surface area contributed by atoms with Gasteiger partial charge in [-0.05, 0) is 35.9 Å². The van der Waals surface area contributed by atoms with Crippen LogP contribution in [0.3, 0.4) is 0 Å². The fourth-order valence-electron chi connectivity index (χ4n) is 2.41. The summed E-state index contributed by atoms with van der Waals surface area (Å²) in [5, 5.41) is 3.34. The number of amides is 1. The quantitative estimate of drug-likeness (QED) is 0.793. The van der Waals surface area contributed by atoms with E-state index in [1.54, 1.807) is 48.9 Å². The van der Waals surface area contributed by atoms with E-state index in [0.29, 0.717) is 17.4 Å². The Labute approximate surface area is 141 Å². The van der Waals surface area contributed by atoms with Crippen molar-refractivity contribution in [2.75, 3.05) is 6.26 Å². The molecular weight excluding hydrogens is 327 g/mol. The highest BCUT2D eigenvalue weighted by Gasteiger charge is 2.13. The Kier molecular flexibility index (Phi) is 4.66. The number of pyridine rings is 1. The zero-order valence-electron chi connectivity index (χ0n) is 13.0. The van der Waals surface area contributed by atoms with E-state index in [-0.39, 0.29) is 11.5 Å². The number of fused-ring (bicyclic) bond motifs is 1. The summed E-state index contributed by atoms with van der Waals surface area (Å²) in [6, 6.07) is 13.1. The Hall–Kier alpha value is -2.60. The maximum Gasteiger partial charge on any atom is 0.253 e. The molecule has 0 bridgehead atoms. The molecule has 2 aromatic carbocycles. The van der Waals surface area contributed by atoms with E-state index in [4.69, 9.17) is 0 Å². The molecule has 122 valence electrons. The summed E-state index contributed by atoms with van der Waals surface area (Å²) in [7, 11) is -1.04. The molecule has 3 aromatic rings. The molecular formula is C18H15FN2O2S. The molecule has 1 heterocycles. The first-order chi connectivity index (χ1) is 11.5. The number of nitrogens with zero attached hydrogens (tertiary/aromatic N) is 1. The number of hydrogen-bond donors (Lipinski definition) is 1. The Morgan fingerprint density at radius 1 is 1.21 bits per heavy atom. The third-order valence-electron chi connectivity index (χ3n) is 3.62. The molecule has 0 saturated heterocycles. The first kappa shape index (κ1) is 16.3. The third-order valence-corrected chi connectivity index (χ3v) is 4.56. The molecule has 0 spiro atoms. The van der Waals surface area contributed by atoms with E-state index in [0.717, 1.165) is 10.5 Å². The average molecular weight is 342 g/mol. The smallest absolute Gasteiger partial charge is 0.253 e. The number of nitrogens with one attached hydrogen (secondary N) is 1. The zero-order chi connectivity index (χ0) is 17.1. The molecule has 0 radical (unpaired) electrons. The van der Waals surface area contributed by atoms with E-state index >= 15 is 0 Å². The van der Waals surface area contributed by atoms with Crippen LogP contribution in [0, 0.1) is 5.82 Å². The lowest BCUT2D eigenvalue weighted by Gasteiger charge is -2.08. The summed E-state index contributed by atoms with van der Waals surface area (Å²) in [6.45, 7) is 0.292. The largest absolute Gasteiger partial charge is 0.348 e. The van der Waals surface area contributed by atoms with Crippen molar-refractivity contribution in [1.82, 2.24) is 10.3 Å². The van der Waals surface area contributed by atoms with Crippen molar-refractivity contribution in [3.8, 4) is 0 Å². The minimum absolute atomic E-state index is 0.205. The maximum atomic E-state index is 13.7. The van der Waals surface area contributed by atoms with Gasteiger partial charge in [0.2, 0.25) is 0 Å². The Morgan fingerprint density at radius 2 is 1.96 bits per heavy atom. The molecule has 0 saturated carbocycles. The molecule has 0 fully saturated rings. The fourth-order valence-corrected chi connectivity index (χ4v) is 2.92. The number of halogens is 1. The second-order valence-electron chi connectivity index (χ2n) is 5.31. The number of aromatic nitrogens is 1. The second kappa shape index (κ2) is 6.88. The van der Waals surface area contributed by atoms with Gasteiger partial charge >= 0.3 is 0 Å². The Morgan fingerprint density at radius 3 is 2.67 bits per heavy atom. The first-order valence-corrected chi connectivity index (χ1v) is 8.85. The SMILES string of the molecule is CS(=O)c1ccc(CNC(=O)c2cc(F)cc3cccnc23)cc1. The number of carbonyl (C=O) groups is 1. The molecule has 24 heavy (non-hydrogen) atoms. The molecule has 0 aliphatic heterocycles. The average Bonchev–Trinajstić information content (AvgIpc) is 2.59. The van der Waals surface area contributed by atoms with Crippen molar-refractivity contribution in [3.05, 3.63) is 71.7 Å². The predicted octanol–water partition coefficient (Wildman–Crippen LogP) is 3.04. The summed E-state index contributed by atoms with van der Waals surface area (Å²) in [4.78, 5) is 17.3. The number of carbonyl (C=O) groups excluding carboxylic acids is 1. The second-order valence-corrected chi connectivity index (χ2v) is 6.69. The van der Waals surface area contributed by atoms with E-state index in [1.165, 1.54) is 12.1 Å². The Balaban J connectivity index is 1.79. The zero-order valence-corrected chi connectivity index (χ0v) is 13.8. The number of rotatable bonds is 4. The monoisotopic (exact) mass is 342 g/mol. The van der Waals surface area contributed by atoms with E-state index in [2.05, 4.69) is 10.3 Å². The third kappa shape index (κ3) is 3.49. The normalized spacial score (nSPS) is 12.1. The highest BCUT2D eigenvalue weighted by molar-refractivity contribution is 7.84. The summed E-state index contributed by atoms with van der Waals surface area (Å²) in [5.41, 5.74) is 1.54. The van der Waals surface area contributed by atoms with Crippen molar-refractivity contribution in [2.45, 2.75) is 11.4 Å². The lowest BCUT2D eigenvalue weighted by atomic mass is 10.1. The van der Waals surface area contributed by atoms with Gasteiger partial charge in [-0.3, -0.25) is 14.0 Å². The van der Waals surface area contributed by atoms with Crippen LogP contribution in [0.2, 0.25) is 0 Å².